The Bertz CT molecular complexity index is 872. The van der Waals surface area contributed by atoms with Crippen molar-refractivity contribution in [3.05, 3.63) is 65.2 Å². The Morgan fingerprint density at radius 3 is 2.40 bits per heavy atom. The van der Waals surface area contributed by atoms with Crippen LogP contribution in [0.2, 0.25) is 0 Å². The molecule has 0 spiro atoms. The summed E-state index contributed by atoms with van der Waals surface area (Å²) in [6, 6.07) is 14.7. The van der Waals surface area contributed by atoms with Gasteiger partial charge in [-0.3, -0.25) is 9.52 Å². The molecule has 25 heavy (non-hydrogen) atoms. The molecular formula is C19H22N2O3S. The summed E-state index contributed by atoms with van der Waals surface area (Å²) in [4.78, 5) is 12.7. The molecule has 2 aromatic rings. The normalized spacial score (nSPS) is 15.4. The number of nitrogens with one attached hydrogen (secondary N) is 2. The van der Waals surface area contributed by atoms with Gasteiger partial charge in [-0.1, -0.05) is 35.9 Å². The maximum absolute atomic E-state index is 12.7. The second-order valence-corrected chi connectivity index (χ2v) is 8.40. The quantitative estimate of drug-likeness (QED) is 0.832. The summed E-state index contributed by atoms with van der Waals surface area (Å²) < 4.78 is 25.1. The Kier molecular flexibility index (Phi) is 4.81. The van der Waals surface area contributed by atoms with Crippen LogP contribution in [0.15, 0.2) is 48.5 Å². The van der Waals surface area contributed by atoms with E-state index in [0.29, 0.717) is 17.2 Å². The van der Waals surface area contributed by atoms with Crippen molar-refractivity contribution in [2.24, 2.45) is 5.92 Å². The Morgan fingerprint density at radius 2 is 1.80 bits per heavy atom. The third-order valence-electron chi connectivity index (χ3n) is 4.24. The first-order valence-electron chi connectivity index (χ1n) is 8.27. The van der Waals surface area contributed by atoms with Crippen LogP contribution < -0.4 is 10.0 Å². The highest BCUT2D eigenvalue weighted by atomic mass is 32.2. The minimum Gasteiger partial charge on any atom is -0.345 e. The van der Waals surface area contributed by atoms with E-state index in [1.807, 2.05) is 19.1 Å². The molecule has 1 amide bonds. The molecule has 0 aromatic heterocycles. The van der Waals surface area contributed by atoms with E-state index in [9.17, 15) is 13.2 Å². The maximum Gasteiger partial charge on any atom is 0.251 e. The third-order valence-corrected chi connectivity index (χ3v) is 4.85. The Labute approximate surface area is 148 Å². The van der Waals surface area contributed by atoms with Crippen LogP contribution in [0.25, 0.3) is 0 Å². The molecule has 1 unspecified atom stereocenters. The van der Waals surface area contributed by atoms with Crippen molar-refractivity contribution in [3.63, 3.8) is 0 Å². The second-order valence-electron chi connectivity index (χ2n) is 6.65. The van der Waals surface area contributed by atoms with E-state index < -0.39 is 10.0 Å². The predicted octanol–water partition coefficient (Wildman–Crippen LogP) is 3.25. The van der Waals surface area contributed by atoms with E-state index in [-0.39, 0.29) is 11.9 Å². The van der Waals surface area contributed by atoms with Gasteiger partial charge in [-0.25, -0.2) is 8.42 Å². The number of rotatable bonds is 6. The van der Waals surface area contributed by atoms with E-state index in [2.05, 4.69) is 22.2 Å². The van der Waals surface area contributed by atoms with Crippen LogP contribution in [0.5, 0.6) is 0 Å². The summed E-state index contributed by atoms with van der Waals surface area (Å²) in [6.45, 7) is 2.04. The SMILES string of the molecule is Cc1ccc(C(NC(=O)c2cccc(NS(C)(=O)=O)c2)C2CC2)cc1. The summed E-state index contributed by atoms with van der Waals surface area (Å²) in [6.07, 6.45) is 3.29. The summed E-state index contributed by atoms with van der Waals surface area (Å²) in [7, 11) is -3.37. The Hall–Kier alpha value is -2.34. The lowest BCUT2D eigenvalue weighted by Gasteiger charge is -2.19. The molecule has 2 N–H and O–H groups in total. The topological polar surface area (TPSA) is 75.3 Å². The second kappa shape index (κ2) is 6.88. The van der Waals surface area contributed by atoms with Gasteiger partial charge in [0.2, 0.25) is 10.0 Å². The van der Waals surface area contributed by atoms with E-state index >= 15 is 0 Å². The van der Waals surface area contributed by atoms with Gasteiger partial charge in [0.25, 0.3) is 5.91 Å². The zero-order chi connectivity index (χ0) is 18.0. The van der Waals surface area contributed by atoms with E-state index in [0.717, 1.165) is 24.7 Å². The average molecular weight is 358 g/mol. The lowest BCUT2D eigenvalue weighted by atomic mass is 10.0. The van der Waals surface area contributed by atoms with Gasteiger partial charge >= 0.3 is 0 Å². The zero-order valence-electron chi connectivity index (χ0n) is 14.3. The molecule has 0 radical (unpaired) electrons. The standard InChI is InChI=1S/C19H22N2O3S/c1-13-6-8-14(9-7-13)18(15-10-11-15)20-19(22)16-4-3-5-17(12-16)21-25(2,23)24/h3-9,12,15,18,21H,10-11H2,1-2H3,(H,20,22). The number of amides is 1. The smallest absolute Gasteiger partial charge is 0.251 e. The summed E-state index contributed by atoms with van der Waals surface area (Å²) >= 11 is 0. The number of anilines is 1. The molecule has 6 heteroatoms. The summed E-state index contributed by atoms with van der Waals surface area (Å²) in [5, 5.41) is 3.10. The first-order valence-corrected chi connectivity index (χ1v) is 10.2. The van der Waals surface area contributed by atoms with Crippen molar-refractivity contribution >= 4 is 21.6 Å². The molecule has 1 aliphatic carbocycles. The lowest BCUT2D eigenvalue weighted by molar-refractivity contribution is 0.0931. The molecule has 0 saturated heterocycles. The van der Waals surface area contributed by atoms with Gasteiger partial charge in [0.1, 0.15) is 0 Å². The van der Waals surface area contributed by atoms with Gasteiger partial charge in [-0.15, -0.1) is 0 Å². The summed E-state index contributed by atoms with van der Waals surface area (Å²) in [5.41, 5.74) is 3.11. The minimum absolute atomic E-state index is 0.0142. The number of carbonyl (C=O) groups is 1. The zero-order valence-corrected chi connectivity index (χ0v) is 15.1. The van der Waals surface area contributed by atoms with Gasteiger partial charge in [0, 0.05) is 11.3 Å². The van der Waals surface area contributed by atoms with E-state index in [1.54, 1.807) is 24.3 Å². The molecule has 0 bridgehead atoms. The van der Waals surface area contributed by atoms with Gasteiger partial charge < -0.3 is 5.32 Å². The van der Waals surface area contributed by atoms with Crippen molar-refractivity contribution in [3.8, 4) is 0 Å². The molecule has 0 heterocycles. The van der Waals surface area contributed by atoms with E-state index in [1.165, 1.54) is 5.56 Å². The van der Waals surface area contributed by atoms with Crippen LogP contribution in [-0.2, 0) is 10.0 Å². The molecule has 1 saturated carbocycles. The summed E-state index contributed by atoms with van der Waals surface area (Å²) in [5.74, 6) is 0.263. The van der Waals surface area contributed by atoms with Gasteiger partial charge in [0.15, 0.2) is 0 Å². The van der Waals surface area contributed by atoms with Crippen LogP contribution in [-0.4, -0.2) is 20.6 Å². The fourth-order valence-electron chi connectivity index (χ4n) is 2.84. The first kappa shape index (κ1) is 17.5. The molecule has 1 fully saturated rings. The Morgan fingerprint density at radius 1 is 1.12 bits per heavy atom. The molecule has 1 aliphatic rings. The number of aryl methyl sites for hydroxylation is 1. The van der Waals surface area contributed by atoms with Crippen LogP contribution >= 0.6 is 0 Å². The fourth-order valence-corrected chi connectivity index (χ4v) is 3.39. The largest absolute Gasteiger partial charge is 0.345 e. The van der Waals surface area contributed by atoms with Gasteiger partial charge in [-0.05, 0) is 49.4 Å². The highest BCUT2D eigenvalue weighted by Crippen LogP contribution is 2.41. The van der Waals surface area contributed by atoms with Crippen molar-refractivity contribution < 1.29 is 13.2 Å². The molecule has 3 rings (SSSR count). The van der Waals surface area contributed by atoms with Crippen molar-refractivity contribution in [1.29, 1.82) is 0 Å². The molecule has 2 aromatic carbocycles. The van der Waals surface area contributed by atoms with Crippen molar-refractivity contribution in [2.75, 3.05) is 11.0 Å². The minimum atomic E-state index is -3.37. The number of benzene rings is 2. The monoisotopic (exact) mass is 358 g/mol. The van der Waals surface area contributed by atoms with Crippen LogP contribution in [0.1, 0.15) is 40.4 Å². The van der Waals surface area contributed by atoms with Crippen LogP contribution in [0.4, 0.5) is 5.69 Å². The molecule has 132 valence electrons. The maximum atomic E-state index is 12.7. The van der Waals surface area contributed by atoms with Crippen molar-refractivity contribution in [2.45, 2.75) is 25.8 Å². The van der Waals surface area contributed by atoms with Gasteiger partial charge in [0.05, 0.1) is 12.3 Å². The third kappa shape index (κ3) is 4.82. The highest BCUT2D eigenvalue weighted by Gasteiger charge is 2.33. The number of hydrogen-bond donors (Lipinski definition) is 2. The van der Waals surface area contributed by atoms with Crippen molar-refractivity contribution in [1.82, 2.24) is 5.32 Å². The fraction of sp³-hybridized carbons (Fsp3) is 0.316. The predicted molar refractivity (Wildman–Crippen MR) is 99.0 cm³/mol. The first-order chi connectivity index (χ1) is 11.8. The van der Waals surface area contributed by atoms with Crippen LogP contribution in [0.3, 0.4) is 0 Å². The molecule has 5 nitrogen and oxygen atoms in total. The highest BCUT2D eigenvalue weighted by molar-refractivity contribution is 7.92. The lowest BCUT2D eigenvalue weighted by Crippen LogP contribution is -2.30. The van der Waals surface area contributed by atoms with E-state index in [4.69, 9.17) is 0 Å². The number of hydrogen-bond acceptors (Lipinski definition) is 3. The Balaban J connectivity index is 1.78. The molecule has 0 aliphatic heterocycles. The molecule has 1 atom stereocenters. The van der Waals surface area contributed by atoms with Gasteiger partial charge in [-0.2, -0.15) is 0 Å². The average Bonchev–Trinajstić information content (AvgIpc) is 3.37. The number of carbonyl (C=O) groups excluding carboxylic acids is 1. The number of sulfonamides is 1. The van der Waals surface area contributed by atoms with Crippen LogP contribution in [0, 0.1) is 12.8 Å². The molecular weight excluding hydrogens is 336 g/mol.